The van der Waals surface area contributed by atoms with Gasteiger partial charge in [-0.15, -0.1) is 12.4 Å². The summed E-state index contributed by atoms with van der Waals surface area (Å²) in [4.78, 5) is 13.7. The van der Waals surface area contributed by atoms with E-state index in [1.165, 1.54) is 0 Å². The Bertz CT molecular complexity index is 432. The monoisotopic (exact) mass is 298 g/mol. The normalized spacial score (nSPS) is 15.6. The third-order valence-electron chi connectivity index (χ3n) is 3.51. The fourth-order valence-corrected chi connectivity index (χ4v) is 2.35. The summed E-state index contributed by atoms with van der Waals surface area (Å²) in [5.41, 5.74) is 1.16. The lowest BCUT2D eigenvalue weighted by Gasteiger charge is -2.32. The van der Waals surface area contributed by atoms with Gasteiger partial charge in [-0.2, -0.15) is 0 Å². The van der Waals surface area contributed by atoms with Gasteiger partial charge in [-0.05, 0) is 25.6 Å². The molecule has 1 saturated heterocycles. The van der Waals surface area contributed by atoms with E-state index in [1.807, 2.05) is 23.1 Å². The minimum atomic E-state index is 0. The van der Waals surface area contributed by atoms with E-state index < -0.39 is 0 Å². The highest BCUT2D eigenvalue weighted by Crippen LogP contribution is 2.22. The SMILES string of the molecule is CNCC(=O)N1CCC(Oc2ccccc2C)CC1.Cl. The van der Waals surface area contributed by atoms with Crippen molar-refractivity contribution >= 4 is 18.3 Å². The number of ether oxygens (including phenoxy) is 1. The fraction of sp³-hybridized carbons (Fsp3) is 0.533. The Labute approximate surface area is 126 Å². The maximum atomic E-state index is 11.7. The molecule has 0 bridgehead atoms. The van der Waals surface area contributed by atoms with Gasteiger partial charge in [0, 0.05) is 25.9 Å². The standard InChI is InChI=1S/C15H22N2O2.ClH/c1-12-5-3-4-6-14(12)19-13-7-9-17(10-8-13)15(18)11-16-2;/h3-6,13,16H,7-11H2,1-2H3;1H. The Morgan fingerprint density at radius 2 is 2.00 bits per heavy atom. The molecule has 0 spiro atoms. The first-order valence-corrected chi connectivity index (χ1v) is 6.85. The van der Waals surface area contributed by atoms with Crippen LogP contribution in [0.25, 0.3) is 0 Å². The highest BCUT2D eigenvalue weighted by atomic mass is 35.5. The van der Waals surface area contributed by atoms with Crippen molar-refractivity contribution in [3.8, 4) is 5.75 Å². The number of piperidine rings is 1. The number of nitrogens with one attached hydrogen (secondary N) is 1. The van der Waals surface area contributed by atoms with Gasteiger partial charge in [-0.25, -0.2) is 0 Å². The van der Waals surface area contributed by atoms with E-state index >= 15 is 0 Å². The molecule has 112 valence electrons. The predicted octanol–water partition coefficient (Wildman–Crippen LogP) is 2.01. The summed E-state index contributed by atoms with van der Waals surface area (Å²) >= 11 is 0. The minimum Gasteiger partial charge on any atom is -0.490 e. The average Bonchev–Trinajstić information content (AvgIpc) is 2.42. The highest BCUT2D eigenvalue weighted by molar-refractivity contribution is 5.85. The van der Waals surface area contributed by atoms with Crippen molar-refractivity contribution in [2.45, 2.75) is 25.9 Å². The Morgan fingerprint density at radius 3 is 2.60 bits per heavy atom. The van der Waals surface area contributed by atoms with Crippen LogP contribution >= 0.6 is 12.4 Å². The third kappa shape index (κ3) is 4.39. The summed E-state index contributed by atoms with van der Waals surface area (Å²) in [7, 11) is 1.80. The quantitative estimate of drug-likeness (QED) is 0.924. The van der Waals surface area contributed by atoms with Crippen molar-refractivity contribution in [1.82, 2.24) is 10.2 Å². The van der Waals surface area contributed by atoms with E-state index in [4.69, 9.17) is 4.74 Å². The fourth-order valence-electron chi connectivity index (χ4n) is 2.35. The zero-order valence-corrected chi connectivity index (χ0v) is 12.9. The number of benzene rings is 1. The molecule has 5 heteroatoms. The number of hydrogen-bond acceptors (Lipinski definition) is 3. The molecule has 1 aromatic rings. The molecule has 1 heterocycles. The van der Waals surface area contributed by atoms with Crippen LogP contribution in [0, 0.1) is 6.92 Å². The first-order chi connectivity index (χ1) is 9.20. The molecule has 0 atom stereocenters. The molecule has 0 aromatic heterocycles. The van der Waals surface area contributed by atoms with Gasteiger partial charge in [-0.3, -0.25) is 4.79 Å². The lowest BCUT2D eigenvalue weighted by Crippen LogP contribution is -2.44. The van der Waals surface area contributed by atoms with Crippen molar-refractivity contribution < 1.29 is 9.53 Å². The van der Waals surface area contributed by atoms with Crippen LogP contribution in [0.1, 0.15) is 18.4 Å². The molecule has 1 aliphatic heterocycles. The number of carbonyl (C=O) groups is 1. The number of likely N-dealkylation sites (tertiary alicyclic amines) is 1. The van der Waals surface area contributed by atoms with Crippen LogP contribution < -0.4 is 10.1 Å². The number of aryl methyl sites for hydroxylation is 1. The second-order valence-corrected chi connectivity index (χ2v) is 4.99. The number of para-hydroxylation sites is 1. The molecule has 2 rings (SSSR count). The molecular formula is C15H23ClN2O2. The molecule has 0 saturated carbocycles. The third-order valence-corrected chi connectivity index (χ3v) is 3.51. The minimum absolute atomic E-state index is 0. The molecule has 0 unspecified atom stereocenters. The predicted molar refractivity (Wildman–Crippen MR) is 82.6 cm³/mol. The van der Waals surface area contributed by atoms with Crippen LogP contribution in [0.4, 0.5) is 0 Å². The van der Waals surface area contributed by atoms with E-state index in [1.54, 1.807) is 7.05 Å². The van der Waals surface area contributed by atoms with E-state index in [-0.39, 0.29) is 24.4 Å². The second-order valence-electron chi connectivity index (χ2n) is 4.99. The number of rotatable bonds is 4. The van der Waals surface area contributed by atoms with E-state index in [2.05, 4.69) is 18.3 Å². The van der Waals surface area contributed by atoms with Crippen molar-refractivity contribution in [3.05, 3.63) is 29.8 Å². The highest BCUT2D eigenvalue weighted by Gasteiger charge is 2.23. The maximum absolute atomic E-state index is 11.7. The van der Waals surface area contributed by atoms with Gasteiger partial charge in [0.15, 0.2) is 0 Å². The summed E-state index contributed by atoms with van der Waals surface area (Å²) in [6.45, 7) is 4.05. The zero-order valence-electron chi connectivity index (χ0n) is 12.1. The first-order valence-electron chi connectivity index (χ1n) is 6.85. The second kappa shape index (κ2) is 8.12. The lowest BCUT2D eigenvalue weighted by atomic mass is 10.1. The Kier molecular flexibility index (Phi) is 6.82. The molecule has 1 aliphatic rings. The van der Waals surface area contributed by atoms with Crippen LogP contribution in [-0.2, 0) is 4.79 Å². The largest absolute Gasteiger partial charge is 0.490 e. The first kappa shape index (κ1) is 16.8. The van der Waals surface area contributed by atoms with Crippen LogP contribution in [0.5, 0.6) is 5.75 Å². The van der Waals surface area contributed by atoms with Crippen molar-refractivity contribution in [2.24, 2.45) is 0 Å². The lowest BCUT2D eigenvalue weighted by molar-refractivity contribution is -0.131. The van der Waals surface area contributed by atoms with E-state index in [0.29, 0.717) is 6.54 Å². The van der Waals surface area contributed by atoms with Gasteiger partial charge >= 0.3 is 0 Å². The van der Waals surface area contributed by atoms with Crippen molar-refractivity contribution in [3.63, 3.8) is 0 Å². The number of carbonyl (C=O) groups excluding carboxylic acids is 1. The summed E-state index contributed by atoms with van der Waals surface area (Å²) in [6.07, 6.45) is 2.04. The Balaban J connectivity index is 0.00000200. The summed E-state index contributed by atoms with van der Waals surface area (Å²) in [5, 5.41) is 2.90. The number of nitrogens with zero attached hydrogens (tertiary/aromatic N) is 1. The molecule has 4 nitrogen and oxygen atoms in total. The molecular weight excluding hydrogens is 276 g/mol. The molecule has 0 aliphatic carbocycles. The van der Waals surface area contributed by atoms with Crippen molar-refractivity contribution in [1.29, 1.82) is 0 Å². The summed E-state index contributed by atoms with van der Waals surface area (Å²) in [5.74, 6) is 1.14. The van der Waals surface area contributed by atoms with Crippen LogP contribution in [0.3, 0.4) is 0 Å². The Hall–Kier alpha value is -1.26. The molecule has 1 amide bonds. The molecule has 1 aromatic carbocycles. The number of amides is 1. The van der Waals surface area contributed by atoms with Gasteiger partial charge in [0.05, 0.1) is 6.54 Å². The van der Waals surface area contributed by atoms with Gasteiger partial charge < -0.3 is 15.0 Å². The van der Waals surface area contributed by atoms with Crippen LogP contribution in [0.15, 0.2) is 24.3 Å². The van der Waals surface area contributed by atoms with Crippen molar-refractivity contribution in [2.75, 3.05) is 26.7 Å². The maximum Gasteiger partial charge on any atom is 0.236 e. The van der Waals surface area contributed by atoms with E-state index in [0.717, 1.165) is 37.2 Å². The summed E-state index contributed by atoms with van der Waals surface area (Å²) < 4.78 is 6.02. The summed E-state index contributed by atoms with van der Waals surface area (Å²) in [6, 6.07) is 8.07. The molecule has 20 heavy (non-hydrogen) atoms. The molecule has 0 radical (unpaired) electrons. The Morgan fingerprint density at radius 1 is 1.35 bits per heavy atom. The topological polar surface area (TPSA) is 41.6 Å². The van der Waals surface area contributed by atoms with Gasteiger partial charge in [0.1, 0.15) is 11.9 Å². The average molecular weight is 299 g/mol. The number of hydrogen-bond donors (Lipinski definition) is 1. The van der Waals surface area contributed by atoms with Gasteiger partial charge in [0.2, 0.25) is 5.91 Å². The molecule has 1 N–H and O–H groups in total. The zero-order chi connectivity index (χ0) is 13.7. The van der Waals surface area contributed by atoms with Crippen LogP contribution in [0.2, 0.25) is 0 Å². The number of halogens is 1. The van der Waals surface area contributed by atoms with Gasteiger partial charge in [0.25, 0.3) is 0 Å². The van der Waals surface area contributed by atoms with Crippen LogP contribution in [-0.4, -0.2) is 43.6 Å². The van der Waals surface area contributed by atoms with Gasteiger partial charge in [-0.1, -0.05) is 18.2 Å². The smallest absolute Gasteiger partial charge is 0.236 e. The number of likely N-dealkylation sites (N-methyl/N-ethyl adjacent to an activating group) is 1. The van der Waals surface area contributed by atoms with E-state index in [9.17, 15) is 4.79 Å². The molecule has 1 fully saturated rings.